The van der Waals surface area contributed by atoms with Gasteiger partial charge in [0.25, 0.3) is 0 Å². The highest BCUT2D eigenvalue weighted by Gasteiger charge is 2.61. The van der Waals surface area contributed by atoms with Crippen molar-refractivity contribution >= 4 is 5.91 Å². The summed E-state index contributed by atoms with van der Waals surface area (Å²) in [6, 6.07) is 16.3. The van der Waals surface area contributed by atoms with Crippen LogP contribution in [0.1, 0.15) is 16.8 Å². The molecule has 0 saturated carbocycles. The highest BCUT2D eigenvalue weighted by molar-refractivity contribution is 5.92. The SMILES string of the molecule is Cc1cc(-c2ccc(C(C(N)=O)(c3ccccc3)C(F)(F)F)cc2)ccn1. The fourth-order valence-corrected chi connectivity index (χ4v) is 3.24. The maximum absolute atomic E-state index is 14.2. The third-order valence-electron chi connectivity index (χ3n) is 4.55. The minimum absolute atomic E-state index is 0.211. The molecule has 0 saturated heterocycles. The monoisotopic (exact) mass is 370 g/mol. The van der Waals surface area contributed by atoms with Gasteiger partial charge >= 0.3 is 6.18 Å². The number of carbonyl (C=O) groups excluding carboxylic acids is 1. The topological polar surface area (TPSA) is 56.0 Å². The largest absolute Gasteiger partial charge is 0.411 e. The molecule has 3 nitrogen and oxygen atoms in total. The van der Waals surface area contributed by atoms with Crippen LogP contribution in [0.2, 0.25) is 0 Å². The van der Waals surface area contributed by atoms with E-state index in [1.165, 1.54) is 36.4 Å². The van der Waals surface area contributed by atoms with Gasteiger partial charge in [0.15, 0.2) is 5.41 Å². The molecule has 27 heavy (non-hydrogen) atoms. The van der Waals surface area contributed by atoms with Crippen molar-refractivity contribution in [2.24, 2.45) is 5.73 Å². The van der Waals surface area contributed by atoms with Crippen LogP contribution in [0.15, 0.2) is 72.9 Å². The lowest BCUT2D eigenvalue weighted by Crippen LogP contribution is -2.53. The van der Waals surface area contributed by atoms with Crippen molar-refractivity contribution in [1.29, 1.82) is 0 Å². The van der Waals surface area contributed by atoms with Gasteiger partial charge in [-0.1, -0.05) is 54.6 Å². The lowest BCUT2D eigenvalue weighted by atomic mass is 9.73. The first-order valence-electron chi connectivity index (χ1n) is 8.22. The Balaban J connectivity index is 2.18. The van der Waals surface area contributed by atoms with Gasteiger partial charge in [-0.25, -0.2) is 0 Å². The molecule has 0 aliphatic heterocycles. The molecule has 0 fully saturated rings. The third-order valence-corrected chi connectivity index (χ3v) is 4.55. The quantitative estimate of drug-likeness (QED) is 0.740. The first-order valence-corrected chi connectivity index (χ1v) is 8.22. The number of hydrogen-bond acceptors (Lipinski definition) is 2. The first kappa shape index (κ1) is 18.6. The second kappa shape index (κ2) is 6.87. The van der Waals surface area contributed by atoms with E-state index < -0.39 is 17.5 Å². The number of halogens is 3. The summed E-state index contributed by atoms with van der Waals surface area (Å²) in [4.78, 5) is 16.3. The van der Waals surface area contributed by atoms with E-state index in [4.69, 9.17) is 5.73 Å². The molecule has 1 heterocycles. The van der Waals surface area contributed by atoms with E-state index in [1.807, 2.05) is 13.0 Å². The molecule has 3 aromatic rings. The Morgan fingerprint density at radius 3 is 2.00 bits per heavy atom. The zero-order valence-corrected chi connectivity index (χ0v) is 14.5. The Labute approximate surface area is 154 Å². The number of hydrogen-bond donors (Lipinski definition) is 1. The summed E-state index contributed by atoms with van der Waals surface area (Å²) in [5.41, 5.74) is 4.32. The molecular formula is C21H17F3N2O. The number of benzene rings is 2. The van der Waals surface area contributed by atoms with Crippen LogP contribution in [0.25, 0.3) is 11.1 Å². The van der Waals surface area contributed by atoms with E-state index in [-0.39, 0.29) is 11.1 Å². The second-order valence-corrected chi connectivity index (χ2v) is 6.24. The fourth-order valence-electron chi connectivity index (χ4n) is 3.24. The maximum atomic E-state index is 14.2. The van der Waals surface area contributed by atoms with Crippen LogP contribution in [0.3, 0.4) is 0 Å². The predicted molar refractivity (Wildman–Crippen MR) is 96.9 cm³/mol. The lowest BCUT2D eigenvalue weighted by Gasteiger charge is -2.33. The first-order chi connectivity index (χ1) is 12.8. The molecule has 0 spiro atoms. The number of amides is 1. The van der Waals surface area contributed by atoms with Crippen molar-refractivity contribution < 1.29 is 18.0 Å². The standard InChI is InChI=1S/C21H17F3N2O/c1-14-13-16(11-12-26-14)15-7-9-18(10-8-15)20(19(25)27,21(22,23)24)17-5-3-2-4-6-17/h2-13H,1H3,(H2,25,27). The van der Waals surface area contributed by atoms with Gasteiger partial charge in [-0.05, 0) is 41.3 Å². The van der Waals surface area contributed by atoms with Crippen molar-refractivity contribution in [3.63, 3.8) is 0 Å². The fraction of sp³-hybridized carbons (Fsp3) is 0.143. The molecule has 2 N–H and O–H groups in total. The van der Waals surface area contributed by atoms with Crippen molar-refractivity contribution in [3.8, 4) is 11.1 Å². The number of rotatable bonds is 4. The Morgan fingerprint density at radius 2 is 1.48 bits per heavy atom. The summed E-state index contributed by atoms with van der Waals surface area (Å²) in [6.07, 6.45) is -3.26. The van der Waals surface area contributed by atoms with Gasteiger partial charge in [-0.15, -0.1) is 0 Å². The smallest absolute Gasteiger partial charge is 0.368 e. The molecule has 3 rings (SSSR count). The van der Waals surface area contributed by atoms with Crippen LogP contribution in [-0.4, -0.2) is 17.1 Å². The molecule has 1 aromatic heterocycles. The minimum Gasteiger partial charge on any atom is -0.368 e. The zero-order valence-electron chi connectivity index (χ0n) is 14.5. The zero-order chi connectivity index (χ0) is 19.7. The number of nitrogens with two attached hydrogens (primary N) is 1. The molecule has 0 aliphatic carbocycles. The Kier molecular flexibility index (Phi) is 4.74. The third kappa shape index (κ3) is 3.18. The van der Waals surface area contributed by atoms with Crippen molar-refractivity contribution in [2.75, 3.05) is 0 Å². The van der Waals surface area contributed by atoms with Gasteiger partial charge in [0.05, 0.1) is 0 Å². The van der Waals surface area contributed by atoms with Gasteiger partial charge in [-0.3, -0.25) is 9.78 Å². The summed E-state index contributed by atoms with van der Waals surface area (Å²) in [6.45, 7) is 1.83. The number of carbonyl (C=O) groups is 1. The van der Waals surface area contributed by atoms with Gasteiger partial charge < -0.3 is 5.73 Å². The van der Waals surface area contributed by atoms with Crippen LogP contribution in [0.5, 0.6) is 0 Å². The minimum atomic E-state index is -4.89. The van der Waals surface area contributed by atoms with Crippen LogP contribution < -0.4 is 5.73 Å². The van der Waals surface area contributed by atoms with E-state index in [0.717, 1.165) is 16.8 Å². The summed E-state index contributed by atoms with van der Waals surface area (Å²) >= 11 is 0. The summed E-state index contributed by atoms with van der Waals surface area (Å²) in [5, 5.41) is 0. The van der Waals surface area contributed by atoms with E-state index >= 15 is 0 Å². The molecule has 6 heteroatoms. The molecule has 138 valence electrons. The van der Waals surface area contributed by atoms with Gasteiger partial charge in [0.2, 0.25) is 5.91 Å². The normalized spacial score (nSPS) is 13.8. The van der Waals surface area contributed by atoms with Gasteiger partial charge in [0, 0.05) is 11.9 Å². The number of aromatic nitrogens is 1. The summed E-state index contributed by atoms with van der Waals surface area (Å²) < 4.78 is 42.5. The second-order valence-electron chi connectivity index (χ2n) is 6.24. The Hall–Kier alpha value is -3.15. The summed E-state index contributed by atoms with van der Waals surface area (Å²) in [7, 11) is 0. The molecule has 0 bridgehead atoms. The lowest BCUT2D eigenvalue weighted by molar-refractivity contribution is -0.183. The van der Waals surface area contributed by atoms with Gasteiger partial charge in [0.1, 0.15) is 0 Å². The van der Waals surface area contributed by atoms with E-state index in [2.05, 4.69) is 4.98 Å². The van der Waals surface area contributed by atoms with Crippen LogP contribution in [0, 0.1) is 6.92 Å². The Morgan fingerprint density at radius 1 is 0.889 bits per heavy atom. The molecule has 1 amide bonds. The number of aryl methyl sites for hydroxylation is 1. The van der Waals surface area contributed by atoms with Crippen molar-refractivity contribution in [1.82, 2.24) is 4.98 Å². The van der Waals surface area contributed by atoms with Gasteiger partial charge in [-0.2, -0.15) is 13.2 Å². The number of primary amides is 1. The Bertz CT molecular complexity index is 953. The molecule has 0 aliphatic rings. The number of pyridine rings is 1. The number of alkyl halides is 3. The van der Waals surface area contributed by atoms with Crippen molar-refractivity contribution in [3.05, 3.63) is 89.7 Å². The van der Waals surface area contributed by atoms with E-state index in [9.17, 15) is 18.0 Å². The van der Waals surface area contributed by atoms with E-state index in [0.29, 0.717) is 0 Å². The van der Waals surface area contributed by atoms with Crippen LogP contribution in [0.4, 0.5) is 13.2 Å². The number of nitrogens with zero attached hydrogens (tertiary/aromatic N) is 1. The average molecular weight is 370 g/mol. The predicted octanol–water partition coefficient (Wildman–Crippen LogP) is 4.39. The van der Waals surface area contributed by atoms with E-state index in [1.54, 1.807) is 30.5 Å². The molecule has 1 atom stereocenters. The van der Waals surface area contributed by atoms with Crippen LogP contribution >= 0.6 is 0 Å². The molecule has 1 unspecified atom stereocenters. The highest BCUT2D eigenvalue weighted by atomic mass is 19.4. The van der Waals surface area contributed by atoms with Crippen molar-refractivity contribution in [2.45, 2.75) is 18.5 Å². The average Bonchev–Trinajstić information content (AvgIpc) is 2.62. The van der Waals surface area contributed by atoms with Crippen LogP contribution in [-0.2, 0) is 10.2 Å². The molecule has 0 radical (unpaired) electrons. The highest BCUT2D eigenvalue weighted by Crippen LogP contribution is 2.46. The maximum Gasteiger partial charge on any atom is 0.411 e. The molecular weight excluding hydrogens is 353 g/mol. The summed E-state index contributed by atoms with van der Waals surface area (Å²) in [5.74, 6) is -1.46. The molecule has 2 aromatic carbocycles.